The van der Waals surface area contributed by atoms with Gasteiger partial charge in [-0.1, -0.05) is 36.4 Å². The molecule has 21 heavy (non-hydrogen) atoms. The van der Waals surface area contributed by atoms with Gasteiger partial charge in [0.15, 0.2) is 0 Å². The predicted octanol–water partition coefficient (Wildman–Crippen LogP) is 2.23. The lowest BCUT2D eigenvalue weighted by molar-refractivity contribution is 0.0912. The van der Waals surface area contributed by atoms with Gasteiger partial charge in [0.1, 0.15) is 0 Å². The Labute approximate surface area is 124 Å². The first-order valence-electron chi connectivity index (χ1n) is 6.86. The molecule has 108 valence electrons. The third kappa shape index (κ3) is 4.45. The minimum Gasteiger partial charge on any atom is -0.350 e. The molecule has 4 nitrogen and oxygen atoms in total. The maximum Gasteiger partial charge on any atom is 0.251 e. The molecule has 0 bridgehead atoms. The fourth-order valence-electron chi connectivity index (χ4n) is 1.89. The van der Waals surface area contributed by atoms with Gasteiger partial charge in [0.05, 0.1) is 0 Å². The fourth-order valence-corrected chi connectivity index (χ4v) is 1.89. The van der Waals surface area contributed by atoms with Crippen LogP contribution < -0.4 is 10.6 Å². The van der Waals surface area contributed by atoms with Crippen molar-refractivity contribution in [3.63, 3.8) is 0 Å². The third-order valence-electron chi connectivity index (χ3n) is 3.02. The molecule has 0 fully saturated rings. The summed E-state index contributed by atoms with van der Waals surface area (Å²) in [5.41, 5.74) is 1.22. The van der Waals surface area contributed by atoms with Crippen molar-refractivity contribution in [2.75, 3.05) is 6.54 Å². The molecule has 2 aromatic rings. The number of rotatable bonds is 5. The van der Waals surface area contributed by atoms with E-state index >= 15 is 0 Å². The lowest BCUT2D eigenvalue weighted by Crippen LogP contribution is -2.41. The van der Waals surface area contributed by atoms with E-state index in [0.29, 0.717) is 17.7 Å². The van der Waals surface area contributed by atoms with Crippen molar-refractivity contribution in [2.24, 2.45) is 0 Å². The van der Waals surface area contributed by atoms with E-state index in [9.17, 15) is 9.59 Å². The molecule has 0 aromatic heterocycles. The van der Waals surface area contributed by atoms with Crippen molar-refractivity contribution in [3.8, 4) is 0 Å². The first-order valence-corrected chi connectivity index (χ1v) is 6.86. The molecule has 2 aromatic carbocycles. The Morgan fingerprint density at radius 2 is 1.33 bits per heavy atom. The van der Waals surface area contributed by atoms with Crippen LogP contribution >= 0.6 is 0 Å². The van der Waals surface area contributed by atoms with Gasteiger partial charge in [-0.2, -0.15) is 0 Å². The minimum atomic E-state index is -0.148. The van der Waals surface area contributed by atoms with Gasteiger partial charge in [0.25, 0.3) is 11.8 Å². The van der Waals surface area contributed by atoms with Crippen LogP contribution in [0.15, 0.2) is 60.7 Å². The van der Waals surface area contributed by atoms with Crippen LogP contribution in [-0.4, -0.2) is 24.4 Å². The van der Waals surface area contributed by atoms with E-state index in [-0.39, 0.29) is 17.9 Å². The van der Waals surface area contributed by atoms with Crippen LogP contribution in [0.3, 0.4) is 0 Å². The van der Waals surface area contributed by atoms with E-state index in [2.05, 4.69) is 10.6 Å². The summed E-state index contributed by atoms with van der Waals surface area (Å²) in [6.07, 6.45) is 0. The SMILES string of the molecule is C[C@H](CNC(=O)c1ccccc1)NC(=O)c1ccccc1. The summed E-state index contributed by atoms with van der Waals surface area (Å²) < 4.78 is 0. The zero-order chi connectivity index (χ0) is 15.1. The highest BCUT2D eigenvalue weighted by Crippen LogP contribution is 2.00. The summed E-state index contributed by atoms with van der Waals surface area (Å²) in [7, 11) is 0. The summed E-state index contributed by atoms with van der Waals surface area (Å²) in [4.78, 5) is 23.8. The average Bonchev–Trinajstić information content (AvgIpc) is 2.54. The molecule has 0 heterocycles. The Bertz CT molecular complexity index is 597. The molecular weight excluding hydrogens is 264 g/mol. The quantitative estimate of drug-likeness (QED) is 0.883. The molecule has 2 rings (SSSR count). The van der Waals surface area contributed by atoms with Crippen LogP contribution in [0.25, 0.3) is 0 Å². The van der Waals surface area contributed by atoms with Crippen LogP contribution in [0.2, 0.25) is 0 Å². The summed E-state index contributed by atoms with van der Waals surface area (Å²) in [5, 5.41) is 5.65. The number of amides is 2. The topological polar surface area (TPSA) is 58.2 Å². The summed E-state index contributed by atoms with van der Waals surface area (Å²) in [6, 6.07) is 17.9. The monoisotopic (exact) mass is 282 g/mol. The summed E-state index contributed by atoms with van der Waals surface area (Å²) in [6.45, 7) is 2.23. The molecule has 0 aliphatic carbocycles. The van der Waals surface area contributed by atoms with Crippen molar-refractivity contribution >= 4 is 11.8 Å². The molecule has 2 amide bonds. The largest absolute Gasteiger partial charge is 0.350 e. The molecule has 0 aliphatic heterocycles. The molecule has 0 unspecified atom stereocenters. The van der Waals surface area contributed by atoms with Crippen molar-refractivity contribution in [1.29, 1.82) is 0 Å². The van der Waals surface area contributed by atoms with Crippen molar-refractivity contribution in [3.05, 3.63) is 71.8 Å². The van der Waals surface area contributed by atoms with E-state index in [1.54, 1.807) is 24.3 Å². The summed E-state index contributed by atoms with van der Waals surface area (Å²) in [5.74, 6) is -0.284. The van der Waals surface area contributed by atoms with E-state index < -0.39 is 0 Å². The van der Waals surface area contributed by atoms with Gasteiger partial charge in [-0.3, -0.25) is 9.59 Å². The van der Waals surface area contributed by atoms with Gasteiger partial charge < -0.3 is 10.6 Å². The molecule has 4 heteroatoms. The predicted molar refractivity (Wildman–Crippen MR) is 82.1 cm³/mol. The maximum absolute atomic E-state index is 11.9. The van der Waals surface area contributed by atoms with Gasteiger partial charge in [0.2, 0.25) is 0 Å². The second-order valence-electron chi connectivity index (χ2n) is 4.82. The van der Waals surface area contributed by atoms with E-state index in [1.807, 2.05) is 43.3 Å². The second-order valence-corrected chi connectivity index (χ2v) is 4.82. The molecule has 0 saturated heterocycles. The van der Waals surface area contributed by atoms with Crippen molar-refractivity contribution in [2.45, 2.75) is 13.0 Å². The number of hydrogen-bond acceptors (Lipinski definition) is 2. The van der Waals surface area contributed by atoms with Crippen LogP contribution in [0.4, 0.5) is 0 Å². The Hall–Kier alpha value is -2.62. The van der Waals surface area contributed by atoms with E-state index in [4.69, 9.17) is 0 Å². The van der Waals surface area contributed by atoms with Gasteiger partial charge in [-0.15, -0.1) is 0 Å². The Morgan fingerprint density at radius 3 is 1.86 bits per heavy atom. The number of benzene rings is 2. The van der Waals surface area contributed by atoms with Crippen molar-refractivity contribution in [1.82, 2.24) is 10.6 Å². The number of nitrogens with one attached hydrogen (secondary N) is 2. The van der Waals surface area contributed by atoms with Gasteiger partial charge >= 0.3 is 0 Å². The highest BCUT2D eigenvalue weighted by Gasteiger charge is 2.11. The highest BCUT2D eigenvalue weighted by molar-refractivity contribution is 5.95. The lowest BCUT2D eigenvalue weighted by atomic mass is 10.2. The molecule has 0 saturated carbocycles. The standard InChI is InChI=1S/C17H18N2O2/c1-13(19-17(21)15-10-6-3-7-11-15)12-18-16(20)14-8-4-2-5-9-14/h2-11,13H,12H2,1H3,(H,18,20)(H,19,21)/t13-/m1/s1. The van der Waals surface area contributed by atoms with Crippen LogP contribution in [0.1, 0.15) is 27.6 Å². The molecule has 0 aliphatic rings. The Balaban J connectivity index is 1.81. The van der Waals surface area contributed by atoms with Crippen LogP contribution in [0, 0.1) is 0 Å². The fraction of sp³-hybridized carbons (Fsp3) is 0.176. The third-order valence-corrected chi connectivity index (χ3v) is 3.02. The van der Waals surface area contributed by atoms with E-state index in [0.717, 1.165) is 0 Å². The zero-order valence-electron chi connectivity index (χ0n) is 11.9. The number of carbonyl (C=O) groups is 2. The average molecular weight is 282 g/mol. The number of carbonyl (C=O) groups excluding carboxylic acids is 2. The molecular formula is C17H18N2O2. The number of hydrogen-bond donors (Lipinski definition) is 2. The van der Waals surface area contributed by atoms with Gasteiger partial charge in [-0.25, -0.2) is 0 Å². The maximum atomic E-state index is 11.9. The molecule has 0 spiro atoms. The first kappa shape index (κ1) is 14.8. The second kappa shape index (κ2) is 7.24. The molecule has 0 radical (unpaired) electrons. The normalized spacial score (nSPS) is 11.5. The smallest absolute Gasteiger partial charge is 0.251 e. The minimum absolute atomic E-state index is 0.142. The molecule has 2 N–H and O–H groups in total. The zero-order valence-corrected chi connectivity index (χ0v) is 11.9. The molecule has 1 atom stereocenters. The van der Waals surface area contributed by atoms with Crippen molar-refractivity contribution < 1.29 is 9.59 Å². The summed E-state index contributed by atoms with van der Waals surface area (Å²) >= 11 is 0. The lowest BCUT2D eigenvalue weighted by Gasteiger charge is -2.15. The van der Waals surface area contributed by atoms with Gasteiger partial charge in [-0.05, 0) is 31.2 Å². The van der Waals surface area contributed by atoms with Crippen LogP contribution in [-0.2, 0) is 0 Å². The Morgan fingerprint density at radius 1 is 0.857 bits per heavy atom. The highest BCUT2D eigenvalue weighted by atomic mass is 16.2. The van der Waals surface area contributed by atoms with Gasteiger partial charge in [0, 0.05) is 23.7 Å². The Kier molecular flexibility index (Phi) is 5.10. The van der Waals surface area contributed by atoms with E-state index in [1.165, 1.54) is 0 Å². The first-order chi connectivity index (χ1) is 10.2. The van der Waals surface area contributed by atoms with Crippen LogP contribution in [0.5, 0.6) is 0 Å².